The zero-order chi connectivity index (χ0) is 12.5. The first-order valence-electron chi connectivity index (χ1n) is 5.69. The minimum atomic E-state index is -0.0678. The minimum Gasteiger partial charge on any atom is -0.438 e. The van der Waals surface area contributed by atoms with E-state index in [2.05, 4.69) is 11.6 Å². The first-order chi connectivity index (χ1) is 8.78. The van der Waals surface area contributed by atoms with Crippen LogP contribution < -0.4 is 4.74 Å². The lowest BCUT2D eigenvalue weighted by Gasteiger charge is -2.14. The minimum absolute atomic E-state index is 0.0678. The number of nitrogens with zero attached hydrogens (tertiary/aromatic N) is 1. The smallest absolute Gasteiger partial charge is 0.230 e. The Morgan fingerprint density at radius 3 is 3.11 bits per heavy atom. The van der Waals surface area contributed by atoms with Crippen molar-refractivity contribution in [1.82, 2.24) is 4.98 Å². The average molecular weight is 237 g/mol. The van der Waals surface area contributed by atoms with Crippen LogP contribution >= 0.6 is 0 Å². The Kier molecular flexibility index (Phi) is 2.45. The summed E-state index contributed by atoms with van der Waals surface area (Å²) < 4.78 is 5.71. The molecular weight excluding hydrogens is 226 g/mol. The molecule has 2 aliphatic rings. The van der Waals surface area contributed by atoms with Gasteiger partial charge in [-0.15, -0.1) is 0 Å². The average Bonchev–Trinajstić information content (AvgIpc) is 2.54. The van der Waals surface area contributed by atoms with Crippen LogP contribution in [0.2, 0.25) is 0 Å². The fourth-order valence-corrected chi connectivity index (χ4v) is 2.02. The van der Waals surface area contributed by atoms with Crippen LogP contribution in [0.3, 0.4) is 0 Å². The maximum atomic E-state index is 12.1. The lowest BCUT2D eigenvalue weighted by Crippen LogP contribution is -2.03. The molecule has 3 heteroatoms. The Labute approximate surface area is 105 Å². The SMILES string of the molecule is C=CC1=CC=C2Oc3ncccc3C(=O)C=C2C1. The molecule has 88 valence electrons. The van der Waals surface area contributed by atoms with Crippen molar-refractivity contribution < 1.29 is 9.53 Å². The van der Waals surface area contributed by atoms with Gasteiger partial charge >= 0.3 is 0 Å². The van der Waals surface area contributed by atoms with Crippen LogP contribution in [-0.2, 0) is 0 Å². The van der Waals surface area contributed by atoms with Gasteiger partial charge in [0.25, 0.3) is 0 Å². The van der Waals surface area contributed by atoms with Crippen molar-refractivity contribution in [1.29, 1.82) is 0 Å². The second kappa shape index (κ2) is 4.11. The number of allylic oxidation sites excluding steroid dienone is 6. The van der Waals surface area contributed by atoms with Gasteiger partial charge in [0, 0.05) is 18.2 Å². The molecule has 0 aromatic carbocycles. The van der Waals surface area contributed by atoms with Crippen molar-refractivity contribution in [3.05, 3.63) is 71.7 Å². The molecule has 1 aliphatic carbocycles. The molecule has 0 atom stereocenters. The second-order valence-corrected chi connectivity index (χ2v) is 4.15. The largest absolute Gasteiger partial charge is 0.438 e. The molecule has 0 fully saturated rings. The van der Waals surface area contributed by atoms with Gasteiger partial charge in [0.2, 0.25) is 5.88 Å². The number of fused-ring (bicyclic) bond motifs is 2. The van der Waals surface area contributed by atoms with Crippen molar-refractivity contribution in [3.8, 4) is 5.88 Å². The highest BCUT2D eigenvalue weighted by Gasteiger charge is 2.22. The van der Waals surface area contributed by atoms with E-state index < -0.39 is 0 Å². The third-order valence-electron chi connectivity index (χ3n) is 2.97. The summed E-state index contributed by atoms with van der Waals surface area (Å²) in [6.07, 6.45) is 9.48. The Morgan fingerprint density at radius 1 is 1.39 bits per heavy atom. The molecule has 1 aromatic rings. The molecule has 0 bridgehead atoms. The van der Waals surface area contributed by atoms with E-state index in [0.29, 0.717) is 23.6 Å². The van der Waals surface area contributed by atoms with Crippen LogP contribution in [0.15, 0.2) is 66.1 Å². The summed E-state index contributed by atoms with van der Waals surface area (Å²) in [7, 11) is 0. The number of ether oxygens (including phenoxy) is 1. The second-order valence-electron chi connectivity index (χ2n) is 4.15. The third-order valence-corrected chi connectivity index (χ3v) is 2.97. The molecule has 2 heterocycles. The van der Waals surface area contributed by atoms with E-state index in [4.69, 9.17) is 4.74 Å². The monoisotopic (exact) mass is 237 g/mol. The lowest BCUT2D eigenvalue weighted by molar-refractivity contribution is 0.104. The van der Waals surface area contributed by atoms with Gasteiger partial charge in [-0.05, 0) is 29.9 Å². The topological polar surface area (TPSA) is 39.2 Å². The van der Waals surface area contributed by atoms with Crippen LogP contribution in [0.5, 0.6) is 5.88 Å². The molecule has 18 heavy (non-hydrogen) atoms. The third kappa shape index (κ3) is 1.70. The van der Waals surface area contributed by atoms with Crippen LogP contribution in [0.1, 0.15) is 16.8 Å². The molecule has 0 saturated carbocycles. The number of carbonyl (C=O) groups excluding carboxylic acids is 1. The van der Waals surface area contributed by atoms with E-state index in [9.17, 15) is 4.79 Å². The van der Waals surface area contributed by atoms with Gasteiger partial charge in [0.1, 0.15) is 5.76 Å². The van der Waals surface area contributed by atoms with Gasteiger partial charge in [-0.3, -0.25) is 4.79 Å². The van der Waals surface area contributed by atoms with Crippen LogP contribution in [-0.4, -0.2) is 10.8 Å². The highest BCUT2D eigenvalue weighted by Crippen LogP contribution is 2.31. The van der Waals surface area contributed by atoms with Gasteiger partial charge in [-0.2, -0.15) is 0 Å². The van der Waals surface area contributed by atoms with E-state index in [0.717, 1.165) is 11.1 Å². The summed E-state index contributed by atoms with van der Waals surface area (Å²) in [6.45, 7) is 3.74. The highest BCUT2D eigenvalue weighted by atomic mass is 16.5. The van der Waals surface area contributed by atoms with Gasteiger partial charge in [-0.25, -0.2) is 4.98 Å². The molecule has 0 radical (unpaired) electrons. The Balaban J connectivity index is 2.11. The van der Waals surface area contributed by atoms with Crippen LogP contribution in [0.4, 0.5) is 0 Å². The van der Waals surface area contributed by atoms with E-state index in [1.807, 2.05) is 12.2 Å². The van der Waals surface area contributed by atoms with Crippen molar-refractivity contribution in [2.45, 2.75) is 6.42 Å². The summed E-state index contributed by atoms with van der Waals surface area (Å²) in [5.74, 6) is 0.990. The lowest BCUT2D eigenvalue weighted by atomic mass is 9.97. The maximum Gasteiger partial charge on any atom is 0.230 e. The Morgan fingerprint density at radius 2 is 2.28 bits per heavy atom. The quantitative estimate of drug-likeness (QED) is 0.753. The summed E-state index contributed by atoms with van der Waals surface area (Å²) in [5.41, 5.74) is 2.44. The molecule has 0 spiro atoms. The number of hydrogen-bond donors (Lipinski definition) is 0. The van der Waals surface area contributed by atoms with Crippen LogP contribution in [0.25, 0.3) is 0 Å². The van der Waals surface area contributed by atoms with Crippen molar-refractivity contribution in [2.24, 2.45) is 0 Å². The summed E-state index contributed by atoms with van der Waals surface area (Å²) in [4.78, 5) is 16.2. The van der Waals surface area contributed by atoms with Gasteiger partial charge in [-0.1, -0.05) is 18.7 Å². The van der Waals surface area contributed by atoms with Gasteiger partial charge in [0.15, 0.2) is 5.78 Å². The number of rotatable bonds is 1. The Hall–Kier alpha value is -2.42. The zero-order valence-corrected chi connectivity index (χ0v) is 9.72. The predicted octanol–water partition coefficient (Wildman–Crippen LogP) is 2.98. The summed E-state index contributed by atoms with van der Waals surface area (Å²) in [5, 5.41) is 0. The van der Waals surface area contributed by atoms with Gasteiger partial charge in [0.05, 0.1) is 5.56 Å². The van der Waals surface area contributed by atoms with Crippen molar-refractivity contribution in [3.63, 3.8) is 0 Å². The number of pyridine rings is 1. The molecule has 3 nitrogen and oxygen atoms in total. The fourth-order valence-electron chi connectivity index (χ4n) is 2.02. The first-order valence-corrected chi connectivity index (χ1v) is 5.69. The zero-order valence-electron chi connectivity index (χ0n) is 9.72. The fraction of sp³-hybridized carbons (Fsp3) is 0.0667. The van der Waals surface area contributed by atoms with E-state index in [-0.39, 0.29) is 5.78 Å². The van der Waals surface area contributed by atoms with E-state index in [1.54, 1.807) is 30.5 Å². The molecule has 1 aliphatic heterocycles. The number of aromatic nitrogens is 1. The molecule has 0 amide bonds. The number of ketones is 1. The van der Waals surface area contributed by atoms with Gasteiger partial charge < -0.3 is 4.74 Å². The Bertz CT molecular complexity index is 636. The molecule has 0 saturated heterocycles. The number of carbonyl (C=O) groups is 1. The molecule has 0 unspecified atom stereocenters. The standard InChI is InChI=1S/C15H11NO2/c1-2-10-5-6-14-11(8-10)9-13(17)12-4-3-7-16-15(12)18-14/h2-7,9H,1,8H2. The van der Waals surface area contributed by atoms with Crippen LogP contribution in [0, 0.1) is 0 Å². The molecular formula is C15H11NO2. The number of hydrogen-bond acceptors (Lipinski definition) is 3. The van der Waals surface area contributed by atoms with Crippen molar-refractivity contribution in [2.75, 3.05) is 0 Å². The maximum absolute atomic E-state index is 12.1. The highest BCUT2D eigenvalue weighted by molar-refractivity contribution is 6.07. The molecule has 0 N–H and O–H groups in total. The molecule has 3 rings (SSSR count). The van der Waals surface area contributed by atoms with Crippen molar-refractivity contribution >= 4 is 5.78 Å². The summed E-state index contributed by atoms with van der Waals surface area (Å²) >= 11 is 0. The predicted molar refractivity (Wildman–Crippen MR) is 68.3 cm³/mol. The normalized spacial score (nSPS) is 17.3. The first kappa shape index (κ1) is 10.7. The summed E-state index contributed by atoms with van der Waals surface area (Å²) in [6, 6.07) is 3.46. The van der Waals surface area contributed by atoms with E-state index >= 15 is 0 Å². The molecule has 1 aromatic heterocycles. The van der Waals surface area contributed by atoms with E-state index in [1.165, 1.54) is 0 Å².